The summed E-state index contributed by atoms with van der Waals surface area (Å²) in [5.74, 6) is 3.23. The molecule has 0 aromatic carbocycles. The molecule has 0 spiro atoms. The fourth-order valence-electron chi connectivity index (χ4n) is 4.48. The minimum absolute atomic E-state index is 0.352. The lowest BCUT2D eigenvalue weighted by molar-refractivity contribution is -0.133. The summed E-state index contributed by atoms with van der Waals surface area (Å²) in [6.45, 7) is 2.24. The van der Waals surface area contributed by atoms with Crippen LogP contribution >= 0.6 is 0 Å². The van der Waals surface area contributed by atoms with Gasteiger partial charge in [0, 0.05) is 32.5 Å². The molecule has 8 heteroatoms. The first-order chi connectivity index (χ1) is 13.2. The summed E-state index contributed by atoms with van der Waals surface area (Å²) in [6.07, 6.45) is 12.3. The van der Waals surface area contributed by atoms with E-state index < -0.39 is 0 Å². The van der Waals surface area contributed by atoms with Crippen LogP contribution in [0.4, 0.5) is 0 Å². The van der Waals surface area contributed by atoms with Crippen molar-refractivity contribution in [1.29, 1.82) is 0 Å². The van der Waals surface area contributed by atoms with Gasteiger partial charge in [-0.25, -0.2) is 9.67 Å². The standard InChI is InChI=1S/C19H29N7O/c1-24-17(12-26-14-20-13-21-26)22-23-19(24)16-7-9-25(10-8-16)18(27)11-15-5-3-2-4-6-15/h13-16H,2-12H2,1H3. The molecule has 1 amide bonds. The van der Waals surface area contributed by atoms with Gasteiger partial charge < -0.3 is 9.47 Å². The van der Waals surface area contributed by atoms with Gasteiger partial charge in [-0.05, 0) is 31.6 Å². The van der Waals surface area contributed by atoms with Gasteiger partial charge in [0.1, 0.15) is 25.0 Å². The smallest absolute Gasteiger partial charge is 0.222 e. The molecular formula is C19H29N7O. The highest BCUT2D eigenvalue weighted by atomic mass is 16.2. The molecule has 0 N–H and O–H groups in total. The Morgan fingerprint density at radius 1 is 1.11 bits per heavy atom. The van der Waals surface area contributed by atoms with Crippen LogP contribution in [0.5, 0.6) is 0 Å². The SMILES string of the molecule is Cn1c(Cn2cncn2)nnc1C1CCN(C(=O)CC2CCCCC2)CC1. The largest absolute Gasteiger partial charge is 0.343 e. The second-order valence-electron chi connectivity index (χ2n) is 7.99. The number of carbonyl (C=O) groups is 1. The van der Waals surface area contributed by atoms with Crippen molar-refractivity contribution in [2.45, 2.75) is 63.8 Å². The summed E-state index contributed by atoms with van der Waals surface area (Å²) in [5, 5.41) is 12.9. The molecule has 2 fully saturated rings. The summed E-state index contributed by atoms with van der Waals surface area (Å²) < 4.78 is 3.83. The van der Waals surface area contributed by atoms with Crippen LogP contribution in [0.25, 0.3) is 0 Å². The van der Waals surface area contributed by atoms with Crippen LogP contribution in [0, 0.1) is 5.92 Å². The molecule has 3 heterocycles. The predicted molar refractivity (Wildman–Crippen MR) is 99.9 cm³/mol. The minimum atomic E-state index is 0.352. The van der Waals surface area contributed by atoms with Crippen molar-refractivity contribution in [1.82, 2.24) is 34.4 Å². The second kappa shape index (κ2) is 8.19. The van der Waals surface area contributed by atoms with Crippen molar-refractivity contribution in [3.05, 3.63) is 24.3 Å². The zero-order valence-electron chi connectivity index (χ0n) is 16.1. The maximum atomic E-state index is 12.6. The van der Waals surface area contributed by atoms with Crippen LogP contribution in [-0.2, 0) is 18.4 Å². The van der Waals surface area contributed by atoms with E-state index in [2.05, 4.69) is 29.7 Å². The quantitative estimate of drug-likeness (QED) is 0.804. The van der Waals surface area contributed by atoms with Crippen LogP contribution < -0.4 is 0 Å². The predicted octanol–water partition coefficient (Wildman–Crippen LogP) is 2.13. The molecule has 2 aliphatic rings. The molecular weight excluding hydrogens is 342 g/mol. The molecule has 2 aromatic heterocycles. The number of carbonyl (C=O) groups excluding carboxylic acids is 1. The highest BCUT2D eigenvalue weighted by Crippen LogP contribution is 2.30. The topological polar surface area (TPSA) is 81.7 Å². The van der Waals surface area contributed by atoms with Crippen molar-refractivity contribution in [3.63, 3.8) is 0 Å². The first-order valence-electron chi connectivity index (χ1n) is 10.2. The van der Waals surface area contributed by atoms with Gasteiger partial charge in [-0.1, -0.05) is 19.3 Å². The van der Waals surface area contributed by atoms with Crippen LogP contribution in [0.1, 0.15) is 68.9 Å². The van der Waals surface area contributed by atoms with Gasteiger partial charge in [-0.2, -0.15) is 5.10 Å². The summed E-state index contributed by atoms with van der Waals surface area (Å²) in [4.78, 5) is 18.7. The molecule has 0 radical (unpaired) electrons. The third-order valence-electron chi connectivity index (χ3n) is 6.17. The molecule has 2 aromatic rings. The maximum Gasteiger partial charge on any atom is 0.222 e. The van der Waals surface area contributed by atoms with E-state index in [-0.39, 0.29) is 0 Å². The third-order valence-corrected chi connectivity index (χ3v) is 6.17. The van der Waals surface area contributed by atoms with E-state index >= 15 is 0 Å². The summed E-state index contributed by atoms with van der Waals surface area (Å²) in [6, 6.07) is 0. The molecule has 0 atom stereocenters. The Bertz CT molecular complexity index is 740. The van der Waals surface area contributed by atoms with E-state index in [0.29, 0.717) is 24.3 Å². The van der Waals surface area contributed by atoms with Gasteiger partial charge in [0.05, 0.1) is 0 Å². The lowest BCUT2D eigenvalue weighted by Gasteiger charge is -2.33. The highest BCUT2D eigenvalue weighted by Gasteiger charge is 2.28. The van der Waals surface area contributed by atoms with Gasteiger partial charge >= 0.3 is 0 Å². The molecule has 1 saturated heterocycles. The van der Waals surface area contributed by atoms with E-state index in [1.807, 2.05) is 7.05 Å². The number of hydrogen-bond acceptors (Lipinski definition) is 5. The average molecular weight is 371 g/mol. The van der Waals surface area contributed by atoms with Crippen molar-refractivity contribution in [2.24, 2.45) is 13.0 Å². The summed E-state index contributed by atoms with van der Waals surface area (Å²) in [7, 11) is 2.02. The zero-order valence-corrected chi connectivity index (χ0v) is 16.1. The highest BCUT2D eigenvalue weighted by molar-refractivity contribution is 5.76. The van der Waals surface area contributed by atoms with Gasteiger partial charge in [-0.3, -0.25) is 4.79 Å². The zero-order chi connectivity index (χ0) is 18.6. The van der Waals surface area contributed by atoms with Gasteiger partial charge in [0.25, 0.3) is 0 Å². The van der Waals surface area contributed by atoms with Crippen LogP contribution in [0.2, 0.25) is 0 Å². The molecule has 0 unspecified atom stereocenters. The van der Waals surface area contributed by atoms with E-state index in [0.717, 1.165) is 44.0 Å². The Kier molecular flexibility index (Phi) is 5.50. The fraction of sp³-hybridized carbons (Fsp3) is 0.737. The number of nitrogens with zero attached hydrogens (tertiary/aromatic N) is 7. The van der Waals surface area contributed by atoms with Crippen LogP contribution in [0.15, 0.2) is 12.7 Å². The Labute approximate surface area is 160 Å². The Morgan fingerprint density at radius 3 is 2.59 bits per heavy atom. The van der Waals surface area contributed by atoms with Crippen LogP contribution in [0.3, 0.4) is 0 Å². The van der Waals surface area contributed by atoms with Crippen LogP contribution in [-0.4, -0.2) is 53.4 Å². The number of amides is 1. The number of piperidine rings is 1. The normalized spacial score (nSPS) is 19.5. The molecule has 4 rings (SSSR count). The Balaban J connectivity index is 1.31. The Morgan fingerprint density at radius 2 is 1.89 bits per heavy atom. The first kappa shape index (κ1) is 18.1. The molecule has 8 nitrogen and oxygen atoms in total. The van der Waals surface area contributed by atoms with Crippen molar-refractivity contribution in [3.8, 4) is 0 Å². The summed E-state index contributed by atoms with van der Waals surface area (Å²) >= 11 is 0. The lowest BCUT2D eigenvalue weighted by Crippen LogP contribution is -2.39. The molecule has 1 saturated carbocycles. The minimum Gasteiger partial charge on any atom is -0.343 e. The number of rotatable bonds is 5. The molecule has 0 bridgehead atoms. The average Bonchev–Trinajstić information content (AvgIpc) is 3.34. The molecule has 1 aliphatic heterocycles. The van der Waals surface area contributed by atoms with Crippen molar-refractivity contribution >= 4 is 5.91 Å². The van der Waals surface area contributed by atoms with Gasteiger partial charge in [0.15, 0.2) is 5.82 Å². The molecule has 27 heavy (non-hydrogen) atoms. The van der Waals surface area contributed by atoms with E-state index in [1.165, 1.54) is 38.4 Å². The first-order valence-corrected chi connectivity index (χ1v) is 10.2. The third kappa shape index (κ3) is 4.20. The number of likely N-dealkylation sites (tertiary alicyclic amines) is 1. The van der Waals surface area contributed by atoms with Crippen molar-refractivity contribution in [2.75, 3.05) is 13.1 Å². The van der Waals surface area contributed by atoms with E-state index in [9.17, 15) is 4.79 Å². The Hall–Kier alpha value is -2.25. The number of hydrogen-bond donors (Lipinski definition) is 0. The second-order valence-corrected chi connectivity index (χ2v) is 7.99. The van der Waals surface area contributed by atoms with Gasteiger partial charge in [-0.15, -0.1) is 10.2 Å². The fourth-order valence-corrected chi connectivity index (χ4v) is 4.48. The van der Waals surface area contributed by atoms with E-state index in [1.54, 1.807) is 11.0 Å². The molecule has 146 valence electrons. The maximum absolute atomic E-state index is 12.6. The number of aromatic nitrogens is 6. The molecule has 1 aliphatic carbocycles. The summed E-state index contributed by atoms with van der Waals surface area (Å²) in [5.41, 5.74) is 0. The van der Waals surface area contributed by atoms with E-state index in [4.69, 9.17) is 0 Å². The lowest BCUT2D eigenvalue weighted by atomic mass is 9.86. The monoisotopic (exact) mass is 371 g/mol. The van der Waals surface area contributed by atoms with Crippen molar-refractivity contribution < 1.29 is 4.79 Å². The van der Waals surface area contributed by atoms with Gasteiger partial charge in [0.2, 0.25) is 5.91 Å².